The first-order valence-electron chi connectivity index (χ1n) is 5.46. The van der Waals surface area contributed by atoms with E-state index in [0.29, 0.717) is 10.2 Å². The van der Waals surface area contributed by atoms with E-state index in [2.05, 4.69) is 15.2 Å². The Hall–Kier alpha value is -1.50. The number of nitrogens with zero attached hydrogens (tertiary/aromatic N) is 3. The number of anilines is 1. The zero-order valence-electron chi connectivity index (χ0n) is 9.92. The Kier molecular flexibility index (Phi) is 3.22. The van der Waals surface area contributed by atoms with E-state index >= 15 is 0 Å². The van der Waals surface area contributed by atoms with Crippen molar-refractivity contribution in [1.29, 1.82) is 0 Å². The van der Waals surface area contributed by atoms with Crippen LogP contribution in [0.5, 0.6) is 0 Å². The van der Waals surface area contributed by atoms with Crippen molar-refractivity contribution in [2.75, 3.05) is 5.73 Å². The van der Waals surface area contributed by atoms with Crippen molar-refractivity contribution in [1.82, 2.24) is 15.2 Å². The first-order chi connectivity index (χ1) is 9.13. The van der Waals surface area contributed by atoms with Crippen LogP contribution < -0.4 is 5.73 Å². The Labute approximate surface area is 122 Å². The van der Waals surface area contributed by atoms with Gasteiger partial charge in [0.25, 0.3) is 0 Å². The lowest BCUT2D eigenvalue weighted by atomic mass is 10.2. The lowest BCUT2D eigenvalue weighted by Crippen LogP contribution is -1.80. The van der Waals surface area contributed by atoms with Crippen LogP contribution in [0.3, 0.4) is 0 Å². The molecule has 0 unspecified atom stereocenters. The topological polar surface area (TPSA) is 64.7 Å². The van der Waals surface area contributed by atoms with Gasteiger partial charge in [-0.05, 0) is 19.1 Å². The first-order valence-corrected chi connectivity index (χ1v) is 7.47. The Morgan fingerprint density at radius 3 is 2.42 bits per heavy atom. The molecule has 0 aliphatic carbocycles. The van der Waals surface area contributed by atoms with E-state index < -0.39 is 0 Å². The summed E-state index contributed by atoms with van der Waals surface area (Å²) >= 11 is 8.84. The van der Waals surface area contributed by atoms with Crippen molar-refractivity contribution in [2.45, 2.75) is 6.92 Å². The molecule has 0 aliphatic rings. The van der Waals surface area contributed by atoms with Gasteiger partial charge in [-0.2, -0.15) is 0 Å². The van der Waals surface area contributed by atoms with Gasteiger partial charge in [-0.25, -0.2) is 4.98 Å². The van der Waals surface area contributed by atoms with Gasteiger partial charge in [0.2, 0.25) is 5.13 Å². The number of halogens is 1. The zero-order valence-corrected chi connectivity index (χ0v) is 12.3. The van der Waals surface area contributed by atoms with Crippen LogP contribution in [0.25, 0.3) is 20.5 Å². The maximum absolute atomic E-state index is 5.89. The monoisotopic (exact) mass is 308 g/mol. The molecule has 1 aromatic carbocycles. The summed E-state index contributed by atoms with van der Waals surface area (Å²) in [5.41, 5.74) is 7.59. The highest BCUT2D eigenvalue weighted by molar-refractivity contribution is 7.24. The molecule has 3 rings (SSSR count). The van der Waals surface area contributed by atoms with Gasteiger partial charge >= 0.3 is 0 Å². The molecule has 96 valence electrons. The Morgan fingerprint density at radius 1 is 1.05 bits per heavy atom. The molecule has 0 radical (unpaired) electrons. The molecule has 0 atom stereocenters. The molecule has 3 aromatic rings. The molecular weight excluding hydrogens is 300 g/mol. The average molecular weight is 309 g/mol. The predicted molar refractivity (Wildman–Crippen MR) is 80.6 cm³/mol. The van der Waals surface area contributed by atoms with E-state index in [1.165, 1.54) is 11.3 Å². The summed E-state index contributed by atoms with van der Waals surface area (Å²) in [6.45, 7) is 1.96. The summed E-state index contributed by atoms with van der Waals surface area (Å²) in [7, 11) is 0. The summed E-state index contributed by atoms with van der Waals surface area (Å²) in [4.78, 5) is 5.58. The van der Waals surface area contributed by atoms with Crippen LogP contribution in [0.4, 0.5) is 5.13 Å². The number of hydrogen-bond donors (Lipinski definition) is 1. The van der Waals surface area contributed by atoms with Crippen molar-refractivity contribution in [3.63, 3.8) is 0 Å². The molecule has 19 heavy (non-hydrogen) atoms. The van der Waals surface area contributed by atoms with Crippen molar-refractivity contribution in [3.8, 4) is 20.5 Å². The molecular formula is C12H9ClN4S2. The fourth-order valence-electron chi connectivity index (χ4n) is 1.64. The van der Waals surface area contributed by atoms with Crippen LogP contribution in [-0.4, -0.2) is 15.2 Å². The van der Waals surface area contributed by atoms with Crippen LogP contribution in [0.1, 0.15) is 5.69 Å². The second-order valence-electron chi connectivity index (χ2n) is 3.89. The normalized spacial score (nSPS) is 10.8. The van der Waals surface area contributed by atoms with E-state index in [9.17, 15) is 0 Å². The molecule has 2 N–H and O–H groups in total. The van der Waals surface area contributed by atoms with Crippen molar-refractivity contribution >= 4 is 39.4 Å². The summed E-state index contributed by atoms with van der Waals surface area (Å²) in [6.07, 6.45) is 0. The Bertz CT molecular complexity index is 718. The highest BCUT2D eigenvalue weighted by atomic mass is 35.5. The smallest absolute Gasteiger partial charge is 0.203 e. The molecule has 0 spiro atoms. The second kappa shape index (κ2) is 4.88. The summed E-state index contributed by atoms with van der Waals surface area (Å²) < 4.78 is 0. The van der Waals surface area contributed by atoms with Gasteiger partial charge < -0.3 is 5.73 Å². The second-order valence-corrected chi connectivity index (χ2v) is 6.33. The average Bonchev–Trinajstić information content (AvgIpc) is 2.96. The molecule has 0 bridgehead atoms. The van der Waals surface area contributed by atoms with E-state index in [-0.39, 0.29) is 0 Å². The third-order valence-electron chi connectivity index (χ3n) is 2.52. The highest BCUT2D eigenvalue weighted by Crippen LogP contribution is 2.37. The standard InChI is InChI=1S/C12H9ClN4S2/c1-6-9(11-16-17-12(14)19-11)18-10(15-6)7-2-4-8(13)5-3-7/h2-5H,1H3,(H2,14,17). The largest absolute Gasteiger partial charge is 0.374 e. The first kappa shape index (κ1) is 12.5. The molecule has 0 fully saturated rings. The quantitative estimate of drug-likeness (QED) is 0.780. The summed E-state index contributed by atoms with van der Waals surface area (Å²) in [5, 5.41) is 10.8. The molecule has 2 aromatic heterocycles. The van der Waals surface area contributed by atoms with Crippen molar-refractivity contribution < 1.29 is 0 Å². The van der Waals surface area contributed by atoms with Crippen LogP contribution in [0.15, 0.2) is 24.3 Å². The van der Waals surface area contributed by atoms with Gasteiger partial charge in [0, 0.05) is 10.6 Å². The summed E-state index contributed by atoms with van der Waals surface area (Å²) in [5.74, 6) is 0. The number of hydrogen-bond acceptors (Lipinski definition) is 6. The highest BCUT2D eigenvalue weighted by Gasteiger charge is 2.14. The zero-order chi connectivity index (χ0) is 13.4. The molecule has 4 nitrogen and oxygen atoms in total. The molecule has 0 saturated heterocycles. The maximum atomic E-state index is 5.89. The van der Waals surface area contributed by atoms with Crippen molar-refractivity contribution in [2.24, 2.45) is 0 Å². The van der Waals surface area contributed by atoms with Gasteiger partial charge in [-0.15, -0.1) is 21.5 Å². The molecule has 0 aliphatic heterocycles. The number of nitrogens with two attached hydrogens (primary N) is 1. The number of aromatic nitrogens is 3. The van der Waals surface area contributed by atoms with Crippen LogP contribution in [0.2, 0.25) is 5.02 Å². The van der Waals surface area contributed by atoms with Gasteiger partial charge in [-0.1, -0.05) is 35.1 Å². The minimum absolute atomic E-state index is 0.468. The minimum atomic E-state index is 0.468. The van der Waals surface area contributed by atoms with Crippen LogP contribution in [0, 0.1) is 6.92 Å². The molecule has 0 amide bonds. The van der Waals surface area contributed by atoms with E-state index in [4.69, 9.17) is 17.3 Å². The van der Waals surface area contributed by atoms with E-state index in [1.54, 1.807) is 11.3 Å². The fourth-order valence-corrected chi connectivity index (χ4v) is 3.57. The lowest BCUT2D eigenvalue weighted by Gasteiger charge is -1.95. The van der Waals surface area contributed by atoms with Crippen LogP contribution >= 0.6 is 34.3 Å². The maximum Gasteiger partial charge on any atom is 0.203 e. The van der Waals surface area contributed by atoms with Crippen molar-refractivity contribution in [3.05, 3.63) is 35.0 Å². The van der Waals surface area contributed by atoms with Crippen LogP contribution in [-0.2, 0) is 0 Å². The predicted octanol–water partition coefficient (Wildman–Crippen LogP) is 3.87. The van der Waals surface area contributed by atoms with E-state index in [1.807, 2.05) is 31.2 Å². The molecule has 0 saturated carbocycles. The summed E-state index contributed by atoms with van der Waals surface area (Å²) in [6, 6.07) is 7.63. The number of aryl methyl sites for hydroxylation is 1. The van der Waals surface area contributed by atoms with E-state index in [0.717, 1.165) is 26.1 Å². The lowest BCUT2D eigenvalue weighted by molar-refractivity contribution is 1.10. The number of benzene rings is 1. The van der Waals surface area contributed by atoms with Gasteiger partial charge in [-0.3, -0.25) is 0 Å². The third-order valence-corrected chi connectivity index (χ3v) is 4.89. The number of rotatable bonds is 2. The third kappa shape index (κ3) is 2.47. The number of thiazole rings is 1. The van der Waals surface area contributed by atoms with Gasteiger partial charge in [0.15, 0.2) is 5.01 Å². The molecule has 7 heteroatoms. The fraction of sp³-hybridized carbons (Fsp3) is 0.0833. The SMILES string of the molecule is Cc1nc(-c2ccc(Cl)cc2)sc1-c1nnc(N)s1. The number of nitrogen functional groups attached to an aromatic ring is 1. The minimum Gasteiger partial charge on any atom is -0.374 e. The van der Waals surface area contributed by atoms with Gasteiger partial charge in [0.1, 0.15) is 5.01 Å². The van der Waals surface area contributed by atoms with Gasteiger partial charge in [0.05, 0.1) is 10.6 Å². The Balaban J connectivity index is 2.04. The Morgan fingerprint density at radius 2 is 1.79 bits per heavy atom. The molecule has 2 heterocycles.